The smallest absolute Gasteiger partial charge is 0.279 e. The second kappa shape index (κ2) is 9.05. The highest BCUT2D eigenvalue weighted by atomic mass is 32.2. The molecule has 0 aliphatic carbocycles. The summed E-state index contributed by atoms with van der Waals surface area (Å²) in [5.41, 5.74) is 1.03. The maximum absolute atomic E-state index is 12.7. The van der Waals surface area contributed by atoms with Crippen molar-refractivity contribution in [1.82, 2.24) is 18.9 Å². The molecular formula is C17H28N4O3S. The quantitative estimate of drug-likeness (QED) is 0.816. The van der Waals surface area contributed by atoms with E-state index < -0.39 is 10.2 Å². The van der Waals surface area contributed by atoms with E-state index in [1.165, 1.54) is 0 Å². The van der Waals surface area contributed by atoms with Gasteiger partial charge in [-0.2, -0.15) is 12.7 Å². The summed E-state index contributed by atoms with van der Waals surface area (Å²) in [5, 5.41) is 0. The van der Waals surface area contributed by atoms with E-state index in [4.69, 9.17) is 4.74 Å². The van der Waals surface area contributed by atoms with Crippen molar-refractivity contribution in [2.24, 2.45) is 0 Å². The Balaban J connectivity index is 1.69. The molecule has 140 valence electrons. The summed E-state index contributed by atoms with van der Waals surface area (Å²) in [6, 6.07) is 3.87. The molecule has 0 saturated carbocycles. The predicted octanol–water partition coefficient (Wildman–Crippen LogP) is 1.17. The molecule has 0 aromatic carbocycles. The highest BCUT2D eigenvalue weighted by molar-refractivity contribution is 7.87. The fraction of sp³-hybridized carbons (Fsp3) is 0.706. The van der Waals surface area contributed by atoms with Crippen LogP contribution in [0.4, 0.5) is 0 Å². The Bertz CT molecular complexity index is 612. The molecular weight excluding hydrogens is 340 g/mol. The SMILES string of the molecule is O=S(=O)(NCC(c1cccnc1)N1CCOCC1)N1CCCCCC1. The third-order valence-electron chi connectivity index (χ3n) is 4.92. The standard InChI is InChI=1S/C17H28N4O3S/c22-25(23,21-8-3-1-2-4-9-21)19-15-17(16-6-5-7-18-14-16)20-10-12-24-13-11-20/h5-7,14,17,19H,1-4,8-13,15H2. The molecule has 1 atom stereocenters. The van der Waals surface area contributed by atoms with Crippen molar-refractivity contribution in [3.05, 3.63) is 30.1 Å². The maximum atomic E-state index is 12.7. The zero-order chi connectivity index (χ0) is 17.5. The van der Waals surface area contributed by atoms with Crippen molar-refractivity contribution < 1.29 is 13.2 Å². The first-order valence-electron chi connectivity index (χ1n) is 9.13. The third kappa shape index (κ3) is 5.21. The van der Waals surface area contributed by atoms with Crippen LogP contribution in [0.5, 0.6) is 0 Å². The minimum Gasteiger partial charge on any atom is -0.379 e. The molecule has 7 nitrogen and oxygen atoms in total. The molecule has 1 aromatic rings. The van der Waals surface area contributed by atoms with Gasteiger partial charge in [0.15, 0.2) is 0 Å². The molecule has 2 fully saturated rings. The van der Waals surface area contributed by atoms with Gasteiger partial charge in [0.05, 0.1) is 19.3 Å². The summed E-state index contributed by atoms with van der Waals surface area (Å²) in [7, 11) is -3.44. The minimum atomic E-state index is -3.44. The second-order valence-electron chi connectivity index (χ2n) is 6.62. The molecule has 0 bridgehead atoms. The normalized spacial score (nSPS) is 22.4. The molecule has 8 heteroatoms. The first-order valence-corrected chi connectivity index (χ1v) is 10.6. The summed E-state index contributed by atoms with van der Waals surface area (Å²) in [6.07, 6.45) is 7.66. The molecule has 2 aliphatic heterocycles. The molecule has 1 N–H and O–H groups in total. The number of nitrogens with one attached hydrogen (secondary N) is 1. The van der Waals surface area contributed by atoms with Crippen molar-refractivity contribution >= 4 is 10.2 Å². The number of hydrogen-bond acceptors (Lipinski definition) is 5. The zero-order valence-corrected chi connectivity index (χ0v) is 15.5. The van der Waals surface area contributed by atoms with Gasteiger partial charge < -0.3 is 4.74 Å². The lowest BCUT2D eigenvalue weighted by Crippen LogP contribution is -2.47. The summed E-state index contributed by atoms with van der Waals surface area (Å²) in [6.45, 7) is 4.53. The molecule has 25 heavy (non-hydrogen) atoms. The molecule has 2 saturated heterocycles. The molecule has 0 radical (unpaired) electrons. The lowest BCUT2D eigenvalue weighted by Gasteiger charge is -2.35. The van der Waals surface area contributed by atoms with Crippen LogP contribution < -0.4 is 4.72 Å². The van der Waals surface area contributed by atoms with Gasteiger partial charge in [-0.25, -0.2) is 4.72 Å². The Labute approximate surface area is 150 Å². The Morgan fingerprint density at radius 3 is 2.48 bits per heavy atom. The summed E-state index contributed by atoms with van der Waals surface area (Å²) in [5.74, 6) is 0. The van der Waals surface area contributed by atoms with Gasteiger partial charge in [-0.1, -0.05) is 18.9 Å². The van der Waals surface area contributed by atoms with E-state index in [0.717, 1.165) is 44.3 Å². The number of aromatic nitrogens is 1. The van der Waals surface area contributed by atoms with Crippen LogP contribution in [0.3, 0.4) is 0 Å². The van der Waals surface area contributed by atoms with E-state index in [-0.39, 0.29) is 6.04 Å². The van der Waals surface area contributed by atoms with E-state index >= 15 is 0 Å². The fourth-order valence-electron chi connectivity index (χ4n) is 3.48. The molecule has 1 unspecified atom stereocenters. The number of rotatable bonds is 6. The highest BCUT2D eigenvalue weighted by Gasteiger charge is 2.27. The maximum Gasteiger partial charge on any atom is 0.279 e. The third-order valence-corrected chi connectivity index (χ3v) is 6.50. The number of morpholine rings is 1. The van der Waals surface area contributed by atoms with Crippen LogP contribution >= 0.6 is 0 Å². The molecule has 2 aliphatic rings. The van der Waals surface area contributed by atoms with Gasteiger partial charge in [-0.3, -0.25) is 9.88 Å². The average molecular weight is 369 g/mol. The van der Waals surface area contributed by atoms with E-state index in [1.54, 1.807) is 10.5 Å². The molecule has 1 aromatic heterocycles. The Hall–Kier alpha value is -1.06. The van der Waals surface area contributed by atoms with Crippen LogP contribution in [-0.4, -0.2) is 68.5 Å². The van der Waals surface area contributed by atoms with Gasteiger partial charge >= 0.3 is 0 Å². The topological polar surface area (TPSA) is 74.8 Å². The van der Waals surface area contributed by atoms with Gasteiger partial charge in [0.2, 0.25) is 0 Å². The Morgan fingerprint density at radius 1 is 1.12 bits per heavy atom. The zero-order valence-electron chi connectivity index (χ0n) is 14.6. The summed E-state index contributed by atoms with van der Waals surface area (Å²) < 4.78 is 35.3. The van der Waals surface area contributed by atoms with Crippen molar-refractivity contribution in [3.63, 3.8) is 0 Å². The van der Waals surface area contributed by atoms with Gasteiger partial charge in [0, 0.05) is 45.1 Å². The van der Waals surface area contributed by atoms with Gasteiger partial charge in [-0.05, 0) is 24.5 Å². The number of nitrogens with zero attached hydrogens (tertiary/aromatic N) is 3. The molecule has 3 heterocycles. The average Bonchev–Trinajstić information content (AvgIpc) is 2.94. The van der Waals surface area contributed by atoms with Crippen molar-refractivity contribution in [1.29, 1.82) is 0 Å². The number of ether oxygens (including phenoxy) is 1. The van der Waals surface area contributed by atoms with Crippen LogP contribution in [0.1, 0.15) is 37.3 Å². The monoisotopic (exact) mass is 368 g/mol. The van der Waals surface area contributed by atoms with Crippen molar-refractivity contribution in [3.8, 4) is 0 Å². The van der Waals surface area contributed by atoms with Gasteiger partial charge in [0.25, 0.3) is 10.2 Å². The van der Waals surface area contributed by atoms with E-state index in [2.05, 4.69) is 14.6 Å². The minimum absolute atomic E-state index is 0.0284. The Morgan fingerprint density at radius 2 is 1.84 bits per heavy atom. The van der Waals surface area contributed by atoms with Crippen LogP contribution in [-0.2, 0) is 14.9 Å². The first-order chi connectivity index (χ1) is 12.2. The largest absolute Gasteiger partial charge is 0.379 e. The van der Waals surface area contributed by atoms with E-state index in [9.17, 15) is 8.42 Å². The van der Waals surface area contributed by atoms with Crippen LogP contribution in [0.15, 0.2) is 24.5 Å². The van der Waals surface area contributed by atoms with Gasteiger partial charge in [-0.15, -0.1) is 0 Å². The lowest BCUT2D eigenvalue weighted by atomic mass is 10.1. The van der Waals surface area contributed by atoms with Crippen molar-refractivity contribution in [2.75, 3.05) is 45.9 Å². The predicted molar refractivity (Wildman–Crippen MR) is 96.3 cm³/mol. The fourth-order valence-corrected chi connectivity index (χ4v) is 4.77. The van der Waals surface area contributed by atoms with Crippen LogP contribution in [0.25, 0.3) is 0 Å². The lowest BCUT2D eigenvalue weighted by molar-refractivity contribution is 0.0170. The summed E-state index contributed by atoms with van der Waals surface area (Å²) in [4.78, 5) is 6.47. The van der Waals surface area contributed by atoms with Gasteiger partial charge in [0.1, 0.15) is 0 Å². The first kappa shape index (κ1) is 18.7. The molecule has 0 spiro atoms. The number of pyridine rings is 1. The highest BCUT2D eigenvalue weighted by Crippen LogP contribution is 2.21. The van der Waals surface area contributed by atoms with Crippen molar-refractivity contribution in [2.45, 2.75) is 31.7 Å². The summed E-state index contributed by atoms with van der Waals surface area (Å²) >= 11 is 0. The van der Waals surface area contributed by atoms with E-state index in [1.807, 2.05) is 18.3 Å². The van der Waals surface area contributed by atoms with Crippen LogP contribution in [0, 0.1) is 0 Å². The second-order valence-corrected chi connectivity index (χ2v) is 8.37. The molecule has 0 amide bonds. The molecule has 3 rings (SSSR count). The van der Waals surface area contributed by atoms with E-state index in [0.29, 0.717) is 32.8 Å². The van der Waals surface area contributed by atoms with Crippen LogP contribution in [0.2, 0.25) is 0 Å². The Kier molecular flexibility index (Phi) is 6.77. The number of hydrogen-bond donors (Lipinski definition) is 1.